The van der Waals surface area contributed by atoms with E-state index in [1.165, 1.54) is 9.80 Å². The molecule has 0 spiro atoms. The van der Waals surface area contributed by atoms with Gasteiger partial charge in [0.15, 0.2) is 0 Å². The third-order valence-corrected chi connectivity index (χ3v) is 8.69. The second-order valence-electron chi connectivity index (χ2n) is 13.3. The molecule has 10 nitrogen and oxygen atoms in total. The number of nitrogens with zero attached hydrogens (tertiary/aromatic N) is 2. The molecule has 51 heavy (non-hydrogen) atoms. The lowest BCUT2D eigenvalue weighted by Crippen LogP contribution is -2.50. The molecule has 0 saturated carbocycles. The van der Waals surface area contributed by atoms with Crippen molar-refractivity contribution in [3.05, 3.63) is 120 Å². The first-order valence-corrected chi connectivity index (χ1v) is 16.9. The molecule has 0 aromatic heterocycles. The largest absolute Gasteiger partial charge is 0.497 e. The number of carbonyl (C=O) groups excluding carboxylic acids is 4. The van der Waals surface area contributed by atoms with Gasteiger partial charge in [0.1, 0.15) is 23.6 Å². The number of benzene rings is 4. The quantitative estimate of drug-likeness (QED) is 0.158. The number of ether oxygens (including phenoxy) is 2. The Labute approximate surface area is 300 Å². The molecule has 0 heterocycles. The Balaban J connectivity index is 1.45. The summed E-state index contributed by atoms with van der Waals surface area (Å²) in [4.78, 5) is 57.7. The third-order valence-electron chi connectivity index (χ3n) is 8.69. The van der Waals surface area contributed by atoms with E-state index in [0.29, 0.717) is 22.9 Å². The summed E-state index contributed by atoms with van der Waals surface area (Å²) in [6, 6.07) is 31.5. The van der Waals surface area contributed by atoms with Crippen molar-refractivity contribution in [2.75, 3.05) is 38.1 Å². The number of hydrogen-bond donors (Lipinski definition) is 2. The maximum Gasteiger partial charge on any atom is 0.249 e. The number of rotatable bonds is 16. The minimum atomic E-state index is -0.849. The number of anilines is 2. The van der Waals surface area contributed by atoms with Crippen molar-refractivity contribution >= 4 is 35.0 Å². The maximum atomic E-state index is 13.8. The van der Waals surface area contributed by atoms with Crippen LogP contribution < -0.4 is 29.9 Å². The van der Waals surface area contributed by atoms with Crippen molar-refractivity contribution in [1.29, 1.82) is 0 Å². The predicted molar refractivity (Wildman–Crippen MR) is 200 cm³/mol. The van der Waals surface area contributed by atoms with E-state index in [-0.39, 0.29) is 49.3 Å². The van der Waals surface area contributed by atoms with Crippen molar-refractivity contribution in [3.8, 4) is 11.5 Å². The lowest BCUT2D eigenvalue weighted by molar-refractivity contribution is -0.131. The van der Waals surface area contributed by atoms with Crippen LogP contribution in [0.5, 0.6) is 11.5 Å². The van der Waals surface area contributed by atoms with E-state index in [9.17, 15) is 19.2 Å². The molecule has 0 bridgehead atoms. The van der Waals surface area contributed by atoms with Gasteiger partial charge in [-0.2, -0.15) is 0 Å². The van der Waals surface area contributed by atoms with Crippen LogP contribution in [0.2, 0.25) is 0 Å². The average molecular weight is 693 g/mol. The van der Waals surface area contributed by atoms with Gasteiger partial charge >= 0.3 is 0 Å². The van der Waals surface area contributed by atoms with Gasteiger partial charge in [-0.1, -0.05) is 74.5 Å². The summed E-state index contributed by atoms with van der Waals surface area (Å²) in [6.45, 7) is 3.64. The highest BCUT2D eigenvalue weighted by atomic mass is 16.5. The molecule has 0 aliphatic heterocycles. The second kappa shape index (κ2) is 17.8. The van der Waals surface area contributed by atoms with Crippen molar-refractivity contribution in [1.82, 2.24) is 10.6 Å². The Morgan fingerprint density at radius 1 is 0.569 bits per heavy atom. The zero-order valence-electron chi connectivity index (χ0n) is 30.2. The Hall–Kier alpha value is -5.64. The number of carbonyl (C=O) groups is 4. The molecule has 4 aromatic carbocycles. The molecule has 0 unspecified atom stereocenters. The fourth-order valence-corrected chi connectivity index (χ4v) is 5.86. The summed E-state index contributed by atoms with van der Waals surface area (Å²) in [5, 5.41) is 5.89. The topological polar surface area (TPSA) is 117 Å². The summed E-state index contributed by atoms with van der Waals surface area (Å²) < 4.78 is 10.5. The molecule has 4 aromatic rings. The zero-order chi connectivity index (χ0) is 37.0. The van der Waals surface area contributed by atoms with Crippen molar-refractivity contribution in [2.45, 2.75) is 51.6 Å². The van der Waals surface area contributed by atoms with Crippen molar-refractivity contribution < 1.29 is 28.7 Å². The van der Waals surface area contributed by atoms with Gasteiger partial charge in [0.2, 0.25) is 23.6 Å². The molecule has 2 N–H and O–H groups in total. The first-order valence-electron chi connectivity index (χ1n) is 16.9. The smallest absolute Gasteiger partial charge is 0.249 e. The van der Waals surface area contributed by atoms with Gasteiger partial charge in [-0.3, -0.25) is 19.2 Å². The lowest BCUT2D eigenvalue weighted by Gasteiger charge is -2.29. The number of nitrogens with one attached hydrogen (secondary N) is 2. The van der Waals surface area contributed by atoms with E-state index >= 15 is 0 Å². The van der Waals surface area contributed by atoms with Crippen molar-refractivity contribution in [3.63, 3.8) is 0 Å². The highest BCUT2D eigenvalue weighted by molar-refractivity contribution is 6.00. The minimum Gasteiger partial charge on any atom is -0.497 e. The first-order chi connectivity index (χ1) is 24.4. The van der Waals surface area contributed by atoms with Crippen LogP contribution in [0.1, 0.15) is 37.8 Å². The molecule has 0 aliphatic rings. The Bertz CT molecular complexity index is 1620. The molecule has 268 valence electrons. The van der Waals surface area contributed by atoms with E-state index in [4.69, 9.17) is 9.47 Å². The van der Waals surface area contributed by atoms with E-state index in [0.717, 1.165) is 11.1 Å². The molecule has 10 heteroatoms. The third kappa shape index (κ3) is 11.2. The van der Waals surface area contributed by atoms with E-state index in [2.05, 4.69) is 10.6 Å². The number of likely N-dealkylation sites (N-methyl/N-ethyl adjacent to an activating group) is 2. The summed E-state index contributed by atoms with van der Waals surface area (Å²) in [7, 11) is 6.49. The average Bonchev–Trinajstić information content (AvgIpc) is 3.13. The highest BCUT2D eigenvalue weighted by Gasteiger charge is 2.32. The van der Waals surface area contributed by atoms with Crippen LogP contribution in [-0.4, -0.2) is 64.0 Å². The molecule has 2 atom stereocenters. The van der Waals surface area contributed by atoms with Crippen LogP contribution in [0.4, 0.5) is 11.4 Å². The van der Waals surface area contributed by atoms with Gasteiger partial charge in [-0.25, -0.2) is 0 Å². The number of amides is 4. The van der Waals surface area contributed by atoms with Gasteiger partial charge < -0.3 is 29.9 Å². The molecule has 0 fully saturated rings. The Morgan fingerprint density at radius 3 is 1.22 bits per heavy atom. The molecular weight excluding hydrogens is 644 g/mol. The van der Waals surface area contributed by atoms with E-state index < -0.39 is 17.5 Å². The first kappa shape index (κ1) is 38.2. The van der Waals surface area contributed by atoms with Crippen LogP contribution in [0.3, 0.4) is 0 Å². The maximum absolute atomic E-state index is 13.8. The lowest BCUT2D eigenvalue weighted by atomic mass is 9.84. The number of methoxy groups -OCH3 is 2. The van der Waals surface area contributed by atoms with Gasteiger partial charge in [0, 0.05) is 51.2 Å². The normalized spacial score (nSPS) is 12.2. The summed E-state index contributed by atoms with van der Waals surface area (Å²) in [5.74, 6) is 0.0510. The second-order valence-corrected chi connectivity index (χ2v) is 13.3. The predicted octanol–water partition coefficient (Wildman–Crippen LogP) is 5.59. The van der Waals surface area contributed by atoms with Crippen LogP contribution in [0.15, 0.2) is 109 Å². The van der Waals surface area contributed by atoms with Gasteiger partial charge in [0.25, 0.3) is 0 Å². The minimum absolute atomic E-state index is 0.0196. The van der Waals surface area contributed by atoms with Crippen LogP contribution in [-0.2, 0) is 32.0 Å². The fraction of sp³-hybridized carbons (Fsp3) is 0.317. The van der Waals surface area contributed by atoms with Crippen molar-refractivity contribution in [2.24, 2.45) is 5.41 Å². The summed E-state index contributed by atoms with van der Waals surface area (Å²) >= 11 is 0. The van der Waals surface area contributed by atoms with Gasteiger partial charge in [-0.15, -0.1) is 0 Å². The zero-order valence-corrected chi connectivity index (χ0v) is 30.2. The van der Waals surface area contributed by atoms with Gasteiger partial charge in [0.05, 0.1) is 14.2 Å². The van der Waals surface area contributed by atoms with Crippen LogP contribution in [0, 0.1) is 5.41 Å². The van der Waals surface area contributed by atoms with E-state index in [1.807, 2.05) is 74.5 Å². The fourth-order valence-electron chi connectivity index (χ4n) is 5.86. The molecule has 4 amide bonds. The summed E-state index contributed by atoms with van der Waals surface area (Å²) in [5.41, 5.74) is 2.31. The molecule has 0 saturated heterocycles. The molecular formula is C41H48N4O6. The molecule has 0 radical (unpaired) electrons. The summed E-state index contributed by atoms with van der Waals surface area (Å²) in [6.07, 6.45) is 0.540. The number of hydrogen-bond acceptors (Lipinski definition) is 6. The van der Waals surface area contributed by atoms with Gasteiger partial charge in [-0.05, 0) is 65.1 Å². The molecule has 0 aliphatic carbocycles. The molecule has 4 rings (SSSR count). The van der Waals surface area contributed by atoms with Crippen LogP contribution >= 0.6 is 0 Å². The highest BCUT2D eigenvalue weighted by Crippen LogP contribution is 2.26. The van der Waals surface area contributed by atoms with E-state index in [1.54, 1.807) is 76.8 Å². The Kier molecular flexibility index (Phi) is 13.4. The van der Waals surface area contributed by atoms with Crippen LogP contribution in [0.25, 0.3) is 0 Å². The monoisotopic (exact) mass is 692 g/mol. The Morgan fingerprint density at radius 2 is 0.902 bits per heavy atom. The standard InChI is InChI=1S/C41H48N4O6/c1-41(2,27-37(46)42-35(25-29-13-9-7-10-14-29)39(48)44(3)31-17-21-33(50-5)22-18-31)28-38(47)43-36(26-30-15-11-8-12-16-30)40(49)45(4)32-19-23-34(51-6)24-20-32/h7-24,35-36H,25-28H2,1-6H3,(H,42,46)(H,43,47)/t35-,36-/m0/s1. The SMILES string of the molecule is COc1ccc(N(C)C(=O)[C@H](Cc2ccccc2)NC(=O)CC(C)(C)CC(=O)N[C@@H](Cc2ccccc2)C(=O)N(C)c2ccc(OC)cc2)cc1.